The average molecular weight is 233 g/mol. The summed E-state index contributed by atoms with van der Waals surface area (Å²) >= 11 is 0. The number of nitrogens with zero attached hydrogens (tertiary/aromatic N) is 2. The first-order valence-corrected chi connectivity index (χ1v) is 5.47. The fourth-order valence-electron chi connectivity index (χ4n) is 1.52. The quantitative estimate of drug-likeness (QED) is 0.858. The molecule has 2 heterocycles. The van der Waals surface area contributed by atoms with Crippen LogP contribution in [0.1, 0.15) is 12.7 Å². The van der Waals surface area contributed by atoms with Crippen LogP contribution in [0.2, 0.25) is 0 Å². The van der Waals surface area contributed by atoms with Gasteiger partial charge in [-0.3, -0.25) is 0 Å². The van der Waals surface area contributed by atoms with Crippen molar-refractivity contribution in [2.75, 3.05) is 19.0 Å². The molecule has 0 saturated heterocycles. The lowest BCUT2D eigenvalue weighted by Gasteiger charge is -2.07. The summed E-state index contributed by atoms with van der Waals surface area (Å²) in [4.78, 5) is 8.76. The lowest BCUT2D eigenvalue weighted by molar-refractivity contribution is 0.178. The van der Waals surface area contributed by atoms with Crippen molar-refractivity contribution in [1.29, 1.82) is 0 Å². The van der Waals surface area contributed by atoms with Crippen LogP contribution >= 0.6 is 0 Å². The summed E-state index contributed by atoms with van der Waals surface area (Å²) < 4.78 is 10.1. The van der Waals surface area contributed by atoms with E-state index in [1.807, 2.05) is 19.1 Å². The Hall–Kier alpha value is -1.88. The van der Waals surface area contributed by atoms with Crippen LogP contribution in [-0.4, -0.2) is 23.6 Å². The number of anilines is 1. The molecule has 0 radical (unpaired) electrons. The molecule has 0 amide bonds. The van der Waals surface area contributed by atoms with Gasteiger partial charge in [0.2, 0.25) is 0 Å². The average Bonchev–Trinajstić information content (AvgIpc) is 2.83. The Morgan fingerprint density at radius 3 is 2.94 bits per heavy atom. The van der Waals surface area contributed by atoms with Gasteiger partial charge in [-0.1, -0.05) is 0 Å². The molecule has 0 aromatic carbocycles. The van der Waals surface area contributed by atoms with E-state index in [0.717, 1.165) is 23.6 Å². The van der Waals surface area contributed by atoms with Crippen molar-refractivity contribution in [1.82, 2.24) is 9.97 Å². The van der Waals surface area contributed by atoms with Crippen LogP contribution in [0.15, 0.2) is 29.1 Å². The summed E-state index contributed by atoms with van der Waals surface area (Å²) in [6, 6.07) is 3.77. The first-order chi connectivity index (χ1) is 8.33. The number of methoxy groups -OCH3 is 1. The Balaban J connectivity index is 2.37. The van der Waals surface area contributed by atoms with Crippen molar-refractivity contribution in [2.45, 2.75) is 13.5 Å². The Bertz CT molecular complexity index is 444. The predicted molar refractivity (Wildman–Crippen MR) is 64.6 cm³/mol. The molecule has 17 heavy (non-hydrogen) atoms. The topological polar surface area (TPSA) is 60.2 Å². The first-order valence-electron chi connectivity index (χ1n) is 5.47. The first kappa shape index (κ1) is 11.6. The zero-order chi connectivity index (χ0) is 12.1. The number of aromatic nitrogens is 2. The van der Waals surface area contributed by atoms with E-state index < -0.39 is 0 Å². The number of nitrogens with one attached hydrogen (secondary N) is 1. The van der Waals surface area contributed by atoms with Crippen molar-refractivity contribution in [3.8, 4) is 11.3 Å². The molecule has 0 aliphatic carbocycles. The van der Waals surface area contributed by atoms with Crippen LogP contribution in [0, 0.1) is 0 Å². The van der Waals surface area contributed by atoms with Crippen molar-refractivity contribution in [2.24, 2.45) is 0 Å². The number of rotatable bonds is 5. The summed E-state index contributed by atoms with van der Waals surface area (Å²) in [7, 11) is 1.63. The molecule has 90 valence electrons. The molecule has 5 nitrogen and oxygen atoms in total. The third kappa shape index (κ3) is 2.82. The molecule has 5 heteroatoms. The van der Waals surface area contributed by atoms with Gasteiger partial charge >= 0.3 is 0 Å². The Labute approximate surface area is 99.8 Å². The molecule has 0 aliphatic heterocycles. The van der Waals surface area contributed by atoms with Crippen molar-refractivity contribution in [3.05, 3.63) is 30.5 Å². The highest BCUT2D eigenvalue weighted by molar-refractivity contribution is 5.61. The van der Waals surface area contributed by atoms with Gasteiger partial charge in [0, 0.05) is 25.3 Å². The second kappa shape index (κ2) is 5.45. The lowest BCUT2D eigenvalue weighted by Crippen LogP contribution is -2.05. The molecule has 0 saturated carbocycles. The summed E-state index contributed by atoms with van der Waals surface area (Å²) in [6.07, 6.45) is 3.29. The second-order valence-corrected chi connectivity index (χ2v) is 3.53. The van der Waals surface area contributed by atoms with E-state index in [1.54, 1.807) is 19.6 Å². The number of hydrogen-bond donors (Lipinski definition) is 1. The van der Waals surface area contributed by atoms with Gasteiger partial charge in [-0.2, -0.15) is 0 Å². The van der Waals surface area contributed by atoms with Gasteiger partial charge in [0.25, 0.3) is 0 Å². The van der Waals surface area contributed by atoms with Crippen LogP contribution in [0.5, 0.6) is 0 Å². The van der Waals surface area contributed by atoms with E-state index in [-0.39, 0.29) is 0 Å². The summed E-state index contributed by atoms with van der Waals surface area (Å²) in [5.41, 5.74) is 1.76. The zero-order valence-corrected chi connectivity index (χ0v) is 9.93. The maximum Gasteiger partial charge on any atom is 0.157 e. The molecule has 0 aliphatic rings. The third-order valence-electron chi connectivity index (χ3n) is 2.22. The zero-order valence-electron chi connectivity index (χ0n) is 9.93. The highest BCUT2D eigenvalue weighted by Crippen LogP contribution is 2.20. The molecule has 2 rings (SSSR count). The highest BCUT2D eigenvalue weighted by Gasteiger charge is 2.07. The van der Waals surface area contributed by atoms with Gasteiger partial charge in [-0.05, 0) is 13.0 Å². The molecule has 2 aromatic heterocycles. The van der Waals surface area contributed by atoms with Gasteiger partial charge in [0.1, 0.15) is 12.4 Å². The minimum atomic E-state index is 0.393. The number of ether oxygens (including phenoxy) is 1. The Kier molecular flexibility index (Phi) is 3.72. The fraction of sp³-hybridized carbons (Fsp3) is 0.333. The van der Waals surface area contributed by atoms with Crippen LogP contribution in [0.25, 0.3) is 11.3 Å². The number of furan rings is 1. The van der Waals surface area contributed by atoms with Gasteiger partial charge < -0.3 is 14.5 Å². The predicted octanol–water partition coefficient (Wildman–Crippen LogP) is 2.31. The summed E-state index contributed by atoms with van der Waals surface area (Å²) in [5.74, 6) is 1.45. The van der Waals surface area contributed by atoms with E-state index in [4.69, 9.17) is 9.15 Å². The van der Waals surface area contributed by atoms with Gasteiger partial charge in [0.05, 0.1) is 18.2 Å². The van der Waals surface area contributed by atoms with Gasteiger partial charge in [-0.15, -0.1) is 0 Å². The number of hydrogen-bond acceptors (Lipinski definition) is 5. The van der Waals surface area contributed by atoms with Gasteiger partial charge in [-0.25, -0.2) is 9.97 Å². The summed E-state index contributed by atoms with van der Waals surface area (Å²) in [6.45, 7) is 3.23. The van der Waals surface area contributed by atoms with Crippen LogP contribution in [0.3, 0.4) is 0 Å². The third-order valence-corrected chi connectivity index (χ3v) is 2.22. The van der Waals surface area contributed by atoms with E-state index in [2.05, 4.69) is 15.3 Å². The molecule has 1 N–H and O–H groups in total. The normalized spacial score (nSPS) is 10.5. The second-order valence-electron chi connectivity index (χ2n) is 3.53. The Morgan fingerprint density at radius 2 is 2.29 bits per heavy atom. The molecule has 0 unspecified atom stereocenters. The molecule has 0 atom stereocenters. The smallest absolute Gasteiger partial charge is 0.157 e. The fourth-order valence-corrected chi connectivity index (χ4v) is 1.52. The minimum absolute atomic E-state index is 0.393. The van der Waals surface area contributed by atoms with Crippen LogP contribution in [-0.2, 0) is 11.3 Å². The molecule has 0 spiro atoms. The molecule has 0 fully saturated rings. The molecular formula is C12H15N3O2. The van der Waals surface area contributed by atoms with E-state index in [9.17, 15) is 0 Å². The van der Waals surface area contributed by atoms with Crippen molar-refractivity contribution < 1.29 is 9.15 Å². The Morgan fingerprint density at radius 1 is 1.41 bits per heavy atom. The van der Waals surface area contributed by atoms with Gasteiger partial charge in [0.15, 0.2) is 5.82 Å². The monoisotopic (exact) mass is 233 g/mol. The van der Waals surface area contributed by atoms with Crippen molar-refractivity contribution >= 4 is 5.82 Å². The SMILES string of the molecule is CCNc1cc(-c2ccoc2)nc(COC)n1. The van der Waals surface area contributed by atoms with Crippen molar-refractivity contribution in [3.63, 3.8) is 0 Å². The van der Waals surface area contributed by atoms with Crippen LogP contribution < -0.4 is 5.32 Å². The molecule has 2 aromatic rings. The maximum atomic E-state index is 5.06. The van der Waals surface area contributed by atoms with E-state index in [1.165, 1.54) is 0 Å². The highest BCUT2D eigenvalue weighted by atomic mass is 16.5. The van der Waals surface area contributed by atoms with E-state index in [0.29, 0.717) is 12.4 Å². The molecule has 0 bridgehead atoms. The standard InChI is InChI=1S/C12H15N3O2/c1-3-13-11-6-10(9-4-5-17-7-9)14-12(15-11)8-16-2/h4-7H,3,8H2,1-2H3,(H,13,14,15). The lowest BCUT2D eigenvalue weighted by atomic mass is 10.2. The molecular weight excluding hydrogens is 218 g/mol. The largest absolute Gasteiger partial charge is 0.472 e. The van der Waals surface area contributed by atoms with Crippen LogP contribution in [0.4, 0.5) is 5.82 Å². The summed E-state index contributed by atoms with van der Waals surface area (Å²) in [5, 5.41) is 3.17. The minimum Gasteiger partial charge on any atom is -0.472 e. The maximum absolute atomic E-state index is 5.06. The van der Waals surface area contributed by atoms with E-state index >= 15 is 0 Å².